The van der Waals surface area contributed by atoms with E-state index in [1.807, 2.05) is 0 Å². The predicted molar refractivity (Wildman–Crippen MR) is 126 cm³/mol. The fourth-order valence-corrected chi connectivity index (χ4v) is 5.32. The third-order valence-electron chi connectivity index (χ3n) is 6.37. The lowest BCUT2D eigenvalue weighted by molar-refractivity contribution is -0.137. The number of nitrogens with zero attached hydrogens (tertiary/aromatic N) is 3. The van der Waals surface area contributed by atoms with E-state index >= 15 is 0 Å². The van der Waals surface area contributed by atoms with Gasteiger partial charge in [0.05, 0.1) is 19.2 Å². The van der Waals surface area contributed by atoms with Gasteiger partial charge in [-0.3, -0.25) is 4.90 Å². The van der Waals surface area contributed by atoms with Gasteiger partial charge in [-0.05, 0) is 37.5 Å². The van der Waals surface area contributed by atoms with Crippen molar-refractivity contribution >= 4 is 23.1 Å². The van der Waals surface area contributed by atoms with E-state index in [0.717, 1.165) is 0 Å². The molecule has 0 spiro atoms. The second-order valence-electron chi connectivity index (χ2n) is 8.83. The van der Waals surface area contributed by atoms with Crippen LogP contribution in [0.2, 0.25) is 0 Å². The zero-order chi connectivity index (χ0) is 25.2. The number of hydrogen-bond donors (Lipinski definition) is 2. The van der Waals surface area contributed by atoms with Crippen molar-refractivity contribution in [1.29, 1.82) is 0 Å². The summed E-state index contributed by atoms with van der Waals surface area (Å²) in [5.74, 6) is -3.61. The SMILES string of the molecule is COC(=O)C1=C(CN2CC(F)(F)CC2CCCO)NC(c2nccs2)=N[C@@]1(C)c1ccc(F)cc1. The molecule has 1 aromatic heterocycles. The van der Waals surface area contributed by atoms with Crippen molar-refractivity contribution in [1.82, 2.24) is 15.2 Å². The lowest BCUT2D eigenvalue weighted by Crippen LogP contribution is -2.45. The van der Waals surface area contributed by atoms with Crippen molar-refractivity contribution in [2.45, 2.75) is 43.7 Å². The monoisotopic (exact) mass is 508 g/mol. The Hall–Kier alpha value is -2.76. The van der Waals surface area contributed by atoms with Gasteiger partial charge in [-0.25, -0.2) is 27.9 Å². The minimum Gasteiger partial charge on any atom is -0.466 e. The van der Waals surface area contributed by atoms with Gasteiger partial charge in [-0.1, -0.05) is 12.1 Å². The molecule has 1 fully saturated rings. The fraction of sp³-hybridized carbons (Fsp3) is 0.458. The van der Waals surface area contributed by atoms with Crippen LogP contribution in [0, 0.1) is 5.82 Å². The average molecular weight is 509 g/mol. The van der Waals surface area contributed by atoms with Crippen molar-refractivity contribution in [2.75, 3.05) is 26.8 Å². The second-order valence-corrected chi connectivity index (χ2v) is 9.73. The minimum atomic E-state index is -2.88. The van der Waals surface area contributed by atoms with Gasteiger partial charge in [-0.15, -0.1) is 11.3 Å². The van der Waals surface area contributed by atoms with E-state index in [9.17, 15) is 23.1 Å². The van der Waals surface area contributed by atoms with Crippen molar-refractivity contribution in [3.8, 4) is 0 Å². The van der Waals surface area contributed by atoms with E-state index in [-0.39, 0.29) is 25.1 Å². The van der Waals surface area contributed by atoms with Gasteiger partial charge in [0.15, 0.2) is 10.8 Å². The highest BCUT2D eigenvalue weighted by atomic mass is 32.1. The zero-order valence-corrected chi connectivity index (χ0v) is 20.2. The molecule has 11 heteroatoms. The highest BCUT2D eigenvalue weighted by Gasteiger charge is 2.47. The quantitative estimate of drug-likeness (QED) is 0.532. The molecular weight excluding hydrogens is 481 g/mol. The van der Waals surface area contributed by atoms with E-state index in [1.54, 1.807) is 23.4 Å². The van der Waals surface area contributed by atoms with Crippen LogP contribution in [0.15, 0.2) is 52.1 Å². The molecule has 2 atom stereocenters. The Morgan fingerprint density at radius 2 is 2.09 bits per heavy atom. The van der Waals surface area contributed by atoms with E-state index in [4.69, 9.17) is 9.73 Å². The van der Waals surface area contributed by atoms with Crippen LogP contribution in [0.3, 0.4) is 0 Å². The van der Waals surface area contributed by atoms with Gasteiger partial charge in [0.1, 0.15) is 11.4 Å². The molecule has 0 saturated carbocycles. The number of amidine groups is 1. The largest absolute Gasteiger partial charge is 0.466 e. The first-order valence-corrected chi connectivity index (χ1v) is 12.1. The first-order valence-electron chi connectivity index (χ1n) is 11.2. The summed E-state index contributed by atoms with van der Waals surface area (Å²) in [6, 6.07) is 5.17. The number of carbonyl (C=O) groups excluding carboxylic acids is 1. The van der Waals surface area contributed by atoms with Crippen LogP contribution in [0.5, 0.6) is 0 Å². The summed E-state index contributed by atoms with van der Waals surface area (Å²) in [6.07, 6.45) is 2.09. The van der Waals surface area contributed by atoms with E-state index in [0.29, 0.717) is 34.9 Å². The molecule has 1 unspecified atom stereocenters. The van der Waals surface area contributed by atoms with Crippen molar-refractivity contribution < 1.29 is 27.8 Å². The molecule has 2 aliphatic heterocycles. The van der Waals surface area contributed by atoms with Crippen LogP contribution in [0.25, 0.3) is 0 Å². The molecule has 0 aliphatic carbocycles. The summed E-state index contributed by atoms with van der Waals surface area (Å²) >= 11 is 1.33. The van der Waals surface area contributed by atoms with Crippen molar-refractivity contribution in [3.05, 3.63) is 63.5 Å². The molecule has 0 bridgehead atoms. The number of thiazole rings is 1. The van der Waals surface area contributed by atoms with Crippen molar-refractivity contribution in [3.63, 3.8) is 0 Å². The number of aliphatic hydroxyl groups excluding tert-OH is 1. The molecule has 1 aromatic carbocycles. The van der Waals surface area contributed by atoms with Gasteiger partial charge in [0, 0.05) is 42.9 Å². The number of ether oxygens (including phenoxy) is 1. The van der Waals surface area contributed by atoms with Crippen LogP contribution < -0.4 is 5.32 Å². The molecule has 2 aliphatic rings. The van der Waals surface area contributed by atoms with Crippen LogP contribution >= 0.6 is 11.3 Å². The maximum Gasteiger partial charge on any atom is 0.338 e. The summed E-state index contributed by atoms with van der Waals surface area (Å²) in [4.78, 5) is 23.8. The normalized spacial score (nSPS) is 24.3. The third-order valence-corrected chi connectivity index (χ3v) is 7.15. The fourth-order valence-electron chi connectivity index (χ4n) is 4.74. The number of hydrogen-bond acceptors (Lipinski definition) is 8. The van der Waals surface area contributed by atoms with Crippen LogP contribution in [-0.2, 0) is 15.1 Å². The second kappa shape index (κ2) is 10.1. The van der Waals surface area contributed by atoms with E-state index in [1.165, 1.54) is 42.7 Å². The zero-order valence-electron chi connectivity index (χ0n) is 19.4. The number of benzene rings is 1. The number of nitrogens with one attached hydrogen (secondary N) is 1. The number of aliphatic hydroxyl groups is 1. The Kier molecular flexibility index (Phi) is 7.30. The summed E-state index contributed by atoms with van der Waals surface area (Å²) < 4.78 is 47.6. The average Bonchev–Trinajstić information content (AvgIpc) is 3.45. The number of alkyl halides is 2. The Morgan fingerprint density at radius 1 is 1.34 bits per heavy atom. The highest BCUT2D eigenvalue weighted by molar-refractivity contribution is 7.11. The highest BCUT2D eigenvalue weighted by Crippen LogP contribution is 2.40. The first kappa shape index (κ1) is 25.3. The molecule has 3 heterocycles. The number of aromatic nitrogens is 1. The maximum atomic E-state index is 14.4. The Bertz CT molecular complexity index is 1120. The first-order chi connectivity index (χ1) is 16.7. The van der Waals surface area contributed by atoms with Gasteiger partial charge in [0.2, 0.25) is 0 Å². The molecule has 0 amide bonds. The lowest BCUT2D eigenvalue weighted by Gasteiger charge is -2.36. The smallest absolute Gasteiger partial charge is 0.338 e. The molecule has 4 rings (SSSR count). The van der Waals surface area contributed by atoms with Gasteiger partial charge in [-0.2, -0.15) is 0 Å². The number of carbonyl (C=O) groups is 1. The molecule has 2 N–H and O–H groups in total. The number of likely N-dealkylation sites (tertiary alicyclic amines) is 1. The molecule has 2 aromatic rings. The maximum absolute atomic E-state index is 14.4. The number of halogens is 3. The number of esters is 1. The summed E-state index contributed by atoms with van der Waals surface area (Å²) in [7, 11) is 1.24. The predicted octanol–water partition coefficient (Wildman–Crippen LogP) is 3.46. The Morgan fingerprint density at radius 3 is 2.71 bits per heavy atom. The minimum absolute atomic E-state index is 0.0112. The summed E-state index contributed by atoms with van der Waals surface area (Å²) in [5, 5.41) is 14.7. The number of rotatable bonds is 8. The molecule has 0 radical (unpaired) electrons. The Balaban J connectivity index is 1.82. The van der Waals surface area contributed by atoms with Crippen LogP contribution in [0.1, 0.15) is 36.8 Å². The van der Waals surface area contributed by atoms with Gasteiger partial charge in [0.25, 0.3) is 5.92 Å². The Labute approximate surface area is 205 Å². The number of methoxy groups -OCH3 is 1. The van der Waals surface area contributed by atoms with E-state index < -0.39 is 35.8 Å². The third kappa shape index (κ3) is 5.26. The van der Waals surface area contributed by atoms with E-state index in [2.05, 4.69) is 10.3 Å². The molecule has 7 nitrogen and oxygen atoms in total. The number of aliphatic imine (C=N–C) groups is 1. The standard InChI is InChI=1S/C24H27F3N4O3S/c1-23(15-5-7-16(25)8-6-15)19(22(33)34-2)18(29-20(30-23)21-28-9-11-35-21)13-31-14-24(26,27)12-17(31)4-3-10-32/h5-9,11,17,32H,3-4,10,12-14H2,1-2H3,(H,29,30)/t17?,23-/m0/s1. The summed E-state index contributed by atoms with van der Waals surface area (Å²) in [6.45, 7) is 1.16. The topological polar surface area (TPSA) is 87.0 Å². The molecular formula is C24H27F3N4O3S. The van der Waals surface area contributed by atoms with Gasteiger partial charge < -0.3 is 15.2 Å². The van der Waals surface area contributed by atoms with Crippen LogP contribution in [0.4, 0.5) is 13.2 Å². The van der Waals surface area contributed by atoms with Crippen LogP contribution in [-0.4, -0.2) is 65.6 Å². The lowest BCUT2D eigenvalue weighted by atomic mass is 9.82. The van der Waals surface area contributed by atoms with Gasteiger partial charge >= 0.3 is 5.97 Å². The molecule has 1 saturated heterocycles. The molecule has 188 valence electrons. The molecule has 35 heavy (non-hydrogen) atoms. The van der Waals surface area contributed by atoms with Crippen molar-refractivity contribution in [2.24, 2.45) is 4.99 Å². The summed E-state index contributed by atoms with van der Waals surface area (Å²) in [5.41, 5.74) is -0.222.